The summed E-state index contributed by atoms with van der Waals surface area (Å²) in [6.07, 6.45) is 0. The van der Waals surface area contributed by atoms with E-state index < -0.39 is 0 Å². The van der Waals surface area contributed by atoms with Gasteiger partial charge in [-0.15, -0.1) is 22.7 Å². The fourth-order valence-corrected chi connectivity index (χ4v) is 5.86. The fraction of sp³-hybridized carbons (Fsp3) is 0.100. The van der Waals surface area contributed by atoms with Gasteiger partial charge in [-0.3, -0.25) is 10.1 Å². The molecule has 0 atom stereocenters. The van der Waals surface area contributed by atoms with Crippen LogP contribution in [0.5, 0.6) is 11.5 Å². The van der Waals surface area contributed by atoms with Gasteiger partial charge in [-0.05, 0) is 30.3 Å². The average Bonchev–Trinajstić information content (AvgIpc) is 3.31. The van der Waals surface area contributed by atoms with Crippen molar-refractivity contribution in [2.75, 3.05) is 19.5 Å². The van der Waals surface area contributed by atoms with E-state index in [9.17, 15) is 4.79 Å². The monoisotopic (exact) mass is 498 g/mol. The van der Waals surface area contributed by atoms with E-state index in [1.165, 1.54) is 22.7 Å². The van der Waals surface area contributed by atoms with Gasteiger partial charge in [-0.1, -0.05) is 34.8 Å². The summed E-state index contributed by atoms with van der Waals surface area (Å²) in [5.74, 6) is 0.960. The van der Waals surface area contributed by atoms with Gasteiger partial charge in [0, 0.05) is 26.1 Å². The zero-order valence-corrected chi connectivity index (χ0v) is 19.5. The van der Waals surface area contributed by atoms with Crippen LogP contribution in [0.1, 0.15) is 9.67 Å². The highest BCUT2D eigenvalue weighted by Gasteiger charge is 2.21. The van der Waals surface area contributed by atoms with E-state index in [4.69, 9.17) is 44.3 Å². The highest BCUT2D eigenvalue weighted by atomic mass is 35.5. The first-order valence-electron chi connectivity index (χ1n) is 8.47. The molecule has 0 spiro atoms. The summed E-state index contributed by atoms with van der Waals surface area (Å²) in [6.45, 7) is 0. The van der Waals surface area contributed by atoms with Crippen molar-refractivity contribution in [2.24, 2.45) is 0 Å². The van der Waals surface area contributed by atoms with Gasteiger partial charge in [-0.25, -0.2) is 4.98 Å². The van der Waals surface area contributed by atoms with Crippen LogP contribution >= 0.6 is 57.5 Å². The zero-order valence-electron chi connectivity index (χ0n) is 15.6. The molecule has 0 fully saturated rings. The number of methoxy groups -OCH3 is 2. The quantitative estimate of drug-likeness (QED) is 0.314. The Labute approximate surface area is 195 Å². The molecule has 30 heavy (non-hydrogen) atoms. The van der Waals surface area contributed by atoms with E-state index in [2.05, 4.69) is 10.3 Å². The van der Waals surface area contributed by atoms with E-state index in [0.717, 1.165) is 10.3 Å². The van der Waals surface area contributed by atoms with Crippen molar-refractivity contribution in [3.05, 3.63) is 55.7 Å². The molecule has 10 heteroatoms. The molecule has 0 radical (unpaired) electrons. The van der Waals surface area contributed by atoms with Crippen molar-refractivity contribution in [3.63, 3.8) is 0 Å². The number of carbonyl (C=O) groups excluding carboxylic acids is 1. The molecule has 2 heterocycles. The number of benzene rings is 2. The number of carbonyl (C=O) groups is 1. The number of hydrogen-bond donors (Lipinski definition) is 1. The average molecular weight is 500 g/mol. The normalized spacial score (nSPS) is 11.0. The molecule has 154 valence electrons. The summed E-state index contributed by atoms with van der Waals surface area (Å²) < 4.78 is 11.4. The number of fused-ring (bicyclic) bond motifs is 1. The number of hydrogen-bond acceptors (Lipinski definition) is 6. The summed E-state index contributed by atoms with van der Waals surface area (Å²) in [5.41, 5.74) is 1.42. The van der Waals surface area contributed by atoms with Crippen molar-refractivity contribution < 1.29 is 14.3 Å². The molecule has 4 rings (SSSR count). The minimum atomic E-state index is -0.369. The molecule has 0 aliphatic carbocycles. The zero-order chi connectivity index (χ0) is 21.4. The SMILES string of the molecule is COc1ccc(OC)c(-c2csc(NC(=O)c3sc4cc(Cl)cc(Cl)c4c3Cl)n2)c1. The standard InChI is InChI=1S/C20H13Cl3N2O3S2/c1-27-10-3-4-14(28-2)11(7-10)13-8-29-20(24-13)25-19(26)18-17(23)16-12(22)5-9(21)6-15(16)30-18/h3-8H,1-2H3,(H,24,25,26). The Morgan fingerprint density at radius 3 is 2.63 bits per heavy atom. The molecular formula is C20H13Cl3N2O3S2. The Balaban J connectivity index is 1.64. The second-order valence-corrected chi connectivity index (χ2v) is 9.20. The third-order valence-electron chi connectivity index (χ3n) is 4.26. The summed E-state index contributed by atoms with van der Waals surface area (Å²) in [4.78, 5) is 17.7. The first-order valence-corrected chi connectivity index (χ1v) is 11.3. The van der Waals surface area contributed by atoms with E-state index in [-0.39, 0.29) is 5.91 Å². The van der Waals surface area contributed by atoms with Crippen LogP contribution in [0, 0.1) is 0 Å². The molecule has 2 aromatic carbocycles. The van der Waals surface area contributed by atoms with Crippen molar-refractivity contribution in [3.8, 4) is 22.8 Å². The Hall–Kier alpha value is -2.03. The third-order valence-corrected chi connectivity index (χ3v) is 7.16. The Morgan fingerprint density at radius 1 is 1.10 bits per heavy atom. The molecule has 4 aromatic rings. The number of thiophene rings is 1. The van der Waals surface area contributed by atoms with E-state index >= 15 is 0 Å². The topological polar surface area (TPSA) is 60.5 Å². The maximum absolute atomic E-state index is 12.8. The van der Waals surface area contributed by atoms with E-state index in [1.54, 1.807) is 38.5 Å². The minimum Gasteiger partial charge on any atom is -0.497 e. The molecule has 1 N–H and O–H groups in total. The molecule has 0 aliphatic rings. The lowest BCUT2D eigenvalue weighted by Gasteiger charge is -2.08. The molecule has 0 saturated heterocycles. The maximum atomic E-state index is 12.8. The number of anilines is 1. The van der Waals surface area contributed by atoms with Crippen LogP contribution in [0.15, 0.2) is 35.7 Å². The lowest BCUT2D eigenvalue weighted by molar-refractivity contribution is 0.103. The second kappa shape index (κ2) is 8.61. The lowest BCUT2D eigenvalue weighted by atomic mass is 10.1. The summed E-state index contributed by atoms with van der Waals surface area (Å²) >= 11 is 21.2. The van der Waals surface area contributed by atoms with Gasteiger partial charge in [0.15, 0.2) is 5.13 Å². The summed E-state index contributed by atoms with van der Waals surface area (Å²) in [6, 6.07) is 8.76. The van der Waals surface area contributed by atoms with E-state index in [0.29, 0.717) is 47.7 Å². The molecule has 5 nitrogen and oxygen atoms in total. The molecular weight excluding hydrogens is 487 g/mol. The predicted molar refractivity (Wildman–Crippen MR) is 125 cm³/mol. The number of nitrogens with zero attached hydrogens (tertiary/aromatic N) is 1. The van der Waals surface area contributed by atoms with Crippen LogP contribution in [-0.4, -0.2) is 25.1 Å². The van der Waals surface area contributed by atoms with Gasteiger partial charge in [0.1, 0.15) is 16.4 Å². The molecule has 0 bridgehead atoms. The Morgan fingerprint density at radius 2 is 1.90 bits per heavy atom. The number of ether oxygens (including phenoxy) is 2. The minimum absolute atomic E-state index is 0.292. The molecule has 1 amide bonds. The highest BCUT2D eigenvalue weighted by Crippen LogP contribution is 2.42. The van der Waals surface area contributed by atoms with Crippen LogP contribution < -0.4 is 14.8 Å². The number of aromatic nitrogens is 1. The van der Waals surface area contributed by atoms with Gasteiger partial charge in [0.25, 0.3) is 5.91 Å². The van der Waals surface area contributed by atoms with Gasteiger partial charge < -0.3 is 9.47 Å². The molecule has 0 saturated carbocycles. The van der Waals surface area contributed by atoms with Crippen LogP contribution in [0.2, 0.25) is 15.1 Å². The molecule has 2 aromatic heterocycles. The van der Waals surface area contributed by atoms with E-state index in [1.807, 2.05) is 11.4 Å². The summed E-state index contributed by atoms with van der Waals surface area (Å²) in [5, 5.41) is 6.84. The summed E-state index contributed by atoms with van der Waals surface area (Å²) in [7, 11) is 3.17. The van der Waals surface area contributed by atoms with Crippen LogP contribution in [0.3, 0.4) is 0 Å². The largest absolute Gasteiger partial charge is 0.497 e. The van der Waals surface area contributed by atoms with Crippen LogP contribution in [0.4, 0.5) is 5.13 Å². The maximum Gasteiger partial charge on any atom is 0.269 e. The van der Waals surface area contributed by atoms with Crippen LogP contribution in [-0.2, 0) is 0 Å². The smallest absolute Gasteiger partial charge is 0.269 e. The van der Waals surface area contributed by atoms with Crippen molar-refractivity contribution >= 4 is 78.6 Å². The van der Waals surface area contributed by atoms with Crippen LogP contribution in [0.25, 0.3) is 21.3 Å². The van der Waals surface area contributed by atoms with Gasteiger partial charge in [0.05, 0.1) is 30.0 Å². The number of rotatable bonds is 5. The first kappa shape index (κ1) is 21.2. The highest BCUT2D eigenvalue weighted by molar-refractivity contribution is 7.22. The van der Waals surface area contributed by atoms with Gasteiger partial charge in [0.2, 0.25) is 0 Å². The van der Waals surface area contributed by atoms with Crippen molar-refractivity contribution in [1.29, 1.82) is 0 Å². The fourth-order valence-electron chi connectivity index (χ4n) is 2.88. The third kappa shape index (κ3) is 3.96. The van der Waals surface area contributed by atoms with Gasteiger partial charge in [-0.2, -0.15) is 0 Å². The predicted octanol–water partition coefficient (Wildman–Crippen LogP) is 7.25. The van der Waals surface area contributed by atoms with Gasteiger partial charge >= 0.3 is 0 Å². The molecule has 0 unspecified atom stereocenters. The number of thiazole rings is 1. The number of halogens is 3. The lowest BCUT2D eigenvalue weighted by Crippen LogP contribution is -2.10. The first-order chi connectivity index (χ1) is 14.4. The van der Waals surface area contributed by atoms with Crippen molar-refractivity contribution in [1.82, 2.24) is 4.98 Å². The number of nitrogens with one attached hydrogen (secondary N) is 1. The Bertz CT molecular complexity index is 1270. The molecule has 0 aliphatic heterocycles. The second-order valence-electron chi connectivity index (χ2n) is 6.06. The van der Waals surface area contributed by atoms with Crippen molar-refractivity contribution in [2.45, 2.75) is 0 Å². The number of amides is 1. The Kier molecular flexibility index (Phi) is 6.09.